The molecule has 3 saturated heterocycles. The van der Waals surface area contributed by atoms with E-state index in [1.807, 2.05) is 0 Å². The smallest absolute Gasteiger partial charge is 0.382 e. The van der Waals surface area contributed by atoms with Crippen molar-refractivity contribution in [3.63, 3.8) is 0 Å². The summed E-state index contributed by atoms with van der Waals surface area (Å²) >= 11 is 5.93. The number of nitrogens with zero attached hydrogens (tertiary/aromatic N) is 7. The first-order chi connectivity index (χ1) is 20.9. The average Bonchev–Trinajstić information content (AvgIpc) is 3.72. The maximum absolute atomic E-state index is 15.8. The van der Waals surface area contributed by atoms with E-state index < -0.39 is 77.5 Å². The van der Waals surface area contributed by atoms with Crippen LogP contribution < -0.4 is 11.3 Å². The van der Waals surface area contributed by atoms with E-state index in [4.69, 9.17) is 44.9 Å². The van der Waals surface area contributed by atoms with Crippen molar-refractivity contribution in [1.29, 1.82) is 0 Å². The monoisotopic (exact) mass is 679 g/mol. The van der Waals surface area contributed by atoms with Crippen LogP contribution >= 0.6 is 27.2 Å². The minimum absolute atomic E-state index is 0.00164. The highest BCUT2D eigenvalue weighted by Gasteiger charge is 2.53. The highest BCUT2D eigenvalue weighted by atomic mass is 35.5. The second-order valence-corrected chi connectivity index (χ2v) is 13.0. The summed E-state index contributed by atoms with van der Waals surface area (Å²) in [5.41, 5.74) is 5.48. The number of H-pyrrole nitrogens is 1. The second kappa shape index (κ2) is 10.8. The van der Waals surface area contributed by atoms with Gasteiger partial charge in [0.2, 0.25) is 5.28 Å². The lowest BCUT2D eigenvalue weighted by molar-refractivity contribution is -0.0661. The van der Waals surface area contributed by atoms with Crippen LogP contribution in [0.2, 0.25) is 5.28 Å². The van der Waals surface area contributed by atoms with Gasteiger partial charge in [0.1, 0.15) is 36.2 Å². The molecule has 0 radical (unpaired) electrons. The largest absolute Gasteiger partial charge is 0.472 e. The van der Waals surface area contributed by atoms with E-state index in [2.05, 4.69) is 29.9 Å². The Balaban J connectivity index is 1.15. The average molecular weight is 680 g/mol. The maximum Gasteiger partial charge on any atom is 0.472 e. The summed E-state index contributed by atoms with van der Waals surface area (Å²) in [6.07, 6.45) is -7.20. The van der Waals surface area contributed by atoms with E-state index in [1.165, 1.54) is 10.9 Å². The Hall–Kier alpha value is -2.94. The van der Waals surface area contributed by atoms with Crippen LogP contribution in [0.1, 0.15) is 18.9 Å². The van der Waals surface area contributed by atoms with E-state index in [0.29, 0.717) is 0 Å². The molecule has 3 aliphatic rings. The molecule has 20 nitrogen and oxygen atoms in total. The Kier molecular flexibility index (Phi) is 7.34. The quantitative estimate of drug-likeness (QED) is 0.168. The minimum Gasteiger partial charge on any atom is -0.382 e. The molecule has 44 heavy (non-hydrogen) atoms. The van der Waals surface area contributed by atoms with Gasteiger partial charge >= 0.3 is 15.6 Å². The molecular formula is C20H21ClFN9O11P2. The van der Waals surface area contributed by atoms with Gasteiger partial charge in [-0.15, -0.1) is 0 Å². The molecule has 0 spiro atoms. The number of hydrogen-bond donors (Lipinski definition) is 4. The fraction of sp³-hybridized carbons (Fsp3) is 0.500. The predicted octanol–water partition coefficient (Wildman–Crippen LogP) is 0.736. The molecule has 0 bridgehead atoms. The van der Waals surface area contributed by atoms with Crippen LogP contribution in [-0.2, 0) is 36.7 Å². The maximum atomic E-state index is 15.8. The lowest BCUT2D eigenvalue weighted by Crippen LogP contribution is -2.35. The van der Waals surface area contributed by atoms with Gasteiger partial charge in [-0.3, -0.25) is 32.0 Å². The number of phosphoric acid groups is 2. The normalized spacial score (nSPS) is 36.6. The van der Waals surface area contributed by atoms with E-state index >= 15 is 4.39 Å². The molecule has 4 aromatic heterocycles. The molecular weight excluding hydrogens is 659 g/mol. The van der Waals surface area contributed by atoms with Crippen LogP contribution in [0.5, 0.6) is 0 Å². The molecule has 9 atom stereocenters. The van der Waals surface area contributed by atoms with Gasteiger partial charge in [0.25, 0.3) is 5.56 Å². The summed E-state index contributed by atoms with van der Waals surface area (Å²) in [5, 5.41) is -0.167. The Bertz CT molecular complexity index is 1910. The number of fused-ring (bicyclic) bond motifs is 4. The van der Waals surface area contributed by atoms with Crippen LogP contribution in [0.3, 0.4) is 0 Å². The number of aromatic nitrogens is 8. The van der Waals surface area contributed by atoms with Crippen molar-refractivity contribution >= 4 is 55.4 Å². The van der Waals surface area contributed by atoms with Gasteiger partial charge in [0, 0.05) is 6.42 Å². The topological polar surface area (TPSA) is 263 Å². The number of nitrogens with one attached hydrogen (secondary N) is 1. The summed E-state index contributed by atoms with van der Waals surface area (Å²) in [7, 11) is -9.93. The number of halogens is 2. The van der Waals surface area contributed by atoms with Gasteiger partial charge < -0.3 is 30.0 Å². The van der Waals surface area contributed by atoms with Crippen molar-refractivity contribution in [2.75, 3.05) is 18.9 Å². The SMILES string of the molecule is Nc1nc(Cl)nc2c1ncn2[C@H]1C[C@@H]2OP(=O)(O)OC[C@H]3O[C@@H](n4cnc5c(=O)[nH]cnc54)[C@H](F)[C@@H]3OP(=O)(O)OC[C@H]2O1. The lowest BCUT2D eigenvalue weighted by atomic mass is 10.1. The second-order valence-electron chi connectivity index (χ2n) is 9.87. The van der Waals surface area contributed by atoms with Crippen molar-refractivity contribution in [2.45, 2.75) is 49.5 Å². The number of aromatic amines is 1. The third-order valence-corrected chi connectivity index (χ3v) is 9.31. The molecule has 0 saturated carbocycles. The third-order valence-electron chi connectivity index (χ3n) is 7.15. The number of hydrogen-bond acceptors (Lipinski definition) is 15. The number of ether oxygens (including phenoxy) is 2. The molecule has 7 heterocycles. The van der Waals surface area contributed by atoms with Crippen molar-refractivity contribution < 1.29 is 50.9 Å². The van der Waals surface area contributed by atoms with Crippen LogP contribution in [-0.4, -0.2) is 92.6 Å². The first-order valence-electron chi connectivity index (χ1n) is 12.7. The molecule has 2 unspecified atom stereocenters. The van der Waals surface area contributed by atoms with Crippen molar-refractivity contribution in [1.82, 2.24) is 39.0 Å². The van der Waals surface area contributed by atoms with Gasteiger partial charge in [-0.2, -0.15) is 9.97 Å². The van der Waals surface area contributed by atoms with Gasteiger partial charge in [-0.1, -0.05) is 0 Å². The van der Waals surface area contributed by atoms with E-state index in [9.17, 15) is 23.7 Å². The summed E-state index contributed by atoms with van der Waals surface area (Å²) in [6.45, 7) is -1.52. The summed E-state index contributed by atoms with van der Waals surface area (Å²) < 4.78 is 76.7. The Morgan fingerprint density at radius 2 is 1.66 bits per heavy atom. The summed E-state index contributed by atoms with van der Waals surface area (Å²) in [4.78, 5) is 55.4. The zero-order valence-electron chi connectivity index (χ0n) is 21.8. The minimum atomic E-state index is -5.03. The van der Waals surface area contributed by atoms with Crippen LogP contribution in [0.4, 0.5) is 10.2 Å². The van der Waals surface area contributed by atoms with Gasteiger partial charge in [-0.05, 0) is 11.6 Å². The number of anilines is 1. The summed E-state index contributed by atoms with van der Waals surface area (Å²) in [6, 6.07) is 0. The molecule has 5 N–H and O–H groups in total. The zero-order valence-corrected chi connectivity index (χ0v) is 24.4. The number of alkyl halides is 1. The fourth-order valence-corrected chi connectivity index (χ4v) is 7.29. The third kappa shape index (κ3) is 5.33. The van der Waals surface area contributed by atoms with Crippen molar-refractivity contribution in [2.24, 2.45) is 0 Å². The molecule has 0 aliphatic carbocycles. The molecule has 24 heteroatoms. The molecule has 7 rings (SSSR count). The van der Waals surface area contributed by atoms with E-state index in [-0.39, 0.29) is 39.9 Å². The van der Waals surface area contributed by atoms with Gasteiger partial charge in [0.15, 0.2) is 35.0 Å². The van der Waals surface area contributed by atoms with E-state index in [1.54, 1.807) is 0 Å². The number of nitrogens with two attached hydrogens (primary N) is 1. The highest BCUT2D eigenvalue weighted by Crippen LogP contribution is 2.54. The number of imidazole rings is 2. The molecule has 4 aromatic rings. The van der Waals surface area contributed by atoms with Crippen molar-refractivity contribution in [3.05, 3.63) is 34.6 Å². The number of nitrogen functional groups attached to an aromatic ring is 1. The standard InChI is InChI=1S/C20H21ClFN9O11P2/c21-20-28-15(23)12-17(29-20)30(5-26-12)10-1-7-8(39-10)2-37-44(35,36)42-14-9(3-38-43(33,34)41-7)40-19(11(14)22)31-6-27-13-16(31)24-4-25-18(13)32/h4-11,14,19H,1-3H2,(H,33,34)(H,35,36)(H2,23,28,29)(H,24,25,32)/t7-,8+,9+,10+,11+,14+,19+/m0/s1. The van der Waals surface area contributed by atoms with Crippen LogP contribution in [0.15, 0.2) is 23.8 Å². The Morgan fingerprint density at radius 3 is 2.45 bits per heavy atom. The molecule has 3 fully saturated rings. The van der Waals surface area contributed by atoms with Crippen LogP contribution in [0, 0.1) is 0 Å². The lowest BCUT2D eigenvalue weighted by Gasteiger charge is -2.27. The van der Waals surface area contributed by atoms with Crippen LogP contribution in [0.25, 0.3) is 22.3 Å². The predicted molar refractivity (Wildman–Crippen MR) is 142 cm³/mol. The van der Waals surface area contributed by atoms with E-state index in [0.717, 1.165) is 17.2 Å². The zero-order chi connectivity index (χ0) is 31.0. The van der Waals surface area contributed by atoms with Crippen molar-refractivity contribution in [3.8, 4) is 0 Å². The highest BCUT2D eigenvalue weighted by molar-refractivity contribution is 7.47. The number of phosphoric ester groups is 2. The first kappa shape index (κ1) is 29.8. The Morgan fingerprint density at radius 1 is 0.955 bits per heavy atom. The van der Waals surface area contributed by atoms with Gasteiger partial charge in [0.05, 0.1) is 32.2 Å². The Labute approximate surface area is 248 Å². The molecule has 3 aliphatic heterocycles. The molecule has 0 aromatic carbocycles. The number of rotatable bonds is 2. The molecule has 0 amide bonds. The first-order valence-corrected chi connectivity index (χ1v) is 16.1. The fourth-order valence-electron chi connectivity index (χ4n) is 5.20. The summed E-state index contributed by atoms with van der Waals surface area (Å²) in [5.74, 6) is 0.00164. The van der Waals surface area contributed by atoms with Gasteiger partial charge in [-0.25, -0.2) is 28.5 Å². The molecule has 236 valence electrons.